The lowest BCUT2D eigenvalue weighted by Gasteiger charge is -2.35. The molecule has 3 nitrogen and oxygen atoms in total. The van der Waals surface area contributed by atoms with Gasteiger partial charge in [0.15, 0.2) is 0 Å². The van der Waals surface area contributed by atoms with Crippen LogP contribution in [0.15, 0.2) is 12.1 Å². The number of hydrogen-bond acceptors (Lipinski definition) is 4. The van der Waals surface area contributed by atoms with Crippen LogP contribution in [0, 0.1) is 6.92 Å². The molecule has 0 saturated carbocycles. The van der Waals surface area contributed by atoms with E-state index in [1.54, 1.807) is 0 Å². The molecule has 3 atom stereocenters. The van der Waals surface area contributed by atoms with Crippen molar-refractivity contribution in [1.29, 1.82) is 0 Å². The monoisotopic (exact) mass is 296 g/mol. The van der Waals surface area contributed by atoms with Crippen LogP contribution >= 0.6 is 11.3 Å². The number of likely N-dealkylation sites (N-methyl/N-ethyl adjacent to an activating group) is 1. The van der Waals surface area contributed by atoms with Gasteiger partial charge in [-0.15, -0.1) is 11.3 Å². The van der Waals surface area contributed by atoms with Crippen molar-refractivity contribution >= 4 is 11.3 Å². The van der Waals surface area contributed by atoms with Crippen molar-refractivity contribution in [2.75, 3.05) is 20.2 Å². The van der Waals surface area contributed by atoms with E-state index in [1.165, 1.54) is 29.0 Å². The van der Waals surface area contributed by atoms with Gasteiger partial charge in [-0.2, -0.15) is 0 Å². The van der Waals surface area contributed by atoms with Gasteiger partial charge in [0.25, 0.3) is 0 Å². The smallest absolute Gasteiger partial charge is 0.0702 e. The third-order valence-electron chi connectivity index (χ3n) is 4.17. The van der Waals surface area contributed by atoms with Crippen LogP contribution in [0.2, 0.25) is 0 Å². The van der Waals surface area contributed by atoms with Gasteiger partial charge in [0.05, 0.1) is 12.1 Å². The summed E-state index contributed by atoms with van der Waals surface area (Å²) in [5.41, 5.74) is 6.39. The third-order valence-corrected chi connectivity index (χ3v) is 5.24. The Hall–Kier alpha value is -0.420. The van der Waals surface area contributed by atoms with E-state index < -0.39 is 0 Å². The van der Waals surface area contributed by atoms with Crippen LogP contribution in [0.4, 0.5) is 0 Å². The summed E-state index contributed by atoms with van der Waals surface area (Å²) in [6, 6.07) is 4.92. The van der Waals surface area contributed by atoms with E-state index in [1.807, 2.05) is 11.3 Å². The number of nitrogens with two attached hydrogens (primary N) is 1. The Bertz CT molecular complexity index is 401. The van der Waals surface area contributed by atoms with Gasteiger partial charge in [-0.25, -0.2) is 0 Å². The van der Waals surface area contributed by atoms with Crippen LogP contribution in [-0.2, 0) is 4.74 Å². The number of nitrogens with zero attached hydrogens (tertiary/aromatic N) is 1. The van der Waals surface area contributed by atoms with Crippen molar-refractivity contribution < 1.29 is 4.74 Å². The van der Waals surface area contributed by atoms with Crippen molar-refractivity contribution in [2.24, 2.45) is 5.73 Å². The molecule has 0 spiro atoms. The second kappa shape index (κ2) is 7.55. The van der Waals surface area contributed by atoms with Crippen molar-refractivity contribution in [2.45, 2.75) is 57.7 Å². The largest absolute Gasteiger partial charge is 0.377 e. The van der Waals surface area contributed by atoms with Crippen LogP contribution in [0.1, 0.15) is 48.4 Å². The van der Waals surface area contributed by atoms with E-state index in [9.17, 15) is 0 Å². The van der Waals surface area contributed by atoms with E-state index in [0.717, 1.165) is 19.6 Å². The topological polar surface area (TPSA) is 38.5 Å². The quantitative estimate of drug-likeness (QED) is 0.875. The van der Waals surface area contributed by atoms with Gasteiger partial charge in [-0.1, -0.05) is 6.92 Å². The van der Waals surface area contributed by atoms with Crippen LogP contribution in [0.25, 0.3) is 0 Å². The van der Waals surface area contributed by atoms with Crippen molar-refractivity contribution in [3.63, 3.8) is 0 Å². The first-order valence-electron chi connectivity index (χ1n) is 7.75. The predicted octanol–water partition coefficient (Wildman–Crippen LogP) is 3.34. The molecular weight excluding hydrogens is 268 g/mol. The molecule has 2 rings (SSSR count). The molecule has 1 aliphatic heterocycles. The summed E-state index contributed by atoms with van der Waals surface area (Å²) in [5.74, 6) is 0. The predicted molar refractivity (Wildman–Crippen MR) is 86.3 cm³/mol. The van der Waals surface area contributed by atoms with Gasteiger partial charge in [-0.05, 0) is 51.8 Å². The number of aryl methyl sites for hydroxylation is 1. The molecule has 1 aliphatic rings. The highest BCUT2D eigenvalue weighted by atomic mass is 32.1. The fraction of sp³-hybridized carbons (Fsp3) is 0.750. The van der Waals surface area contributed by atoms with E-state index >= 15 is 0 Å². The Morgan fingerprint density at radius 2 is 2.25 bits per heavy atom. The highest BCUT2D eigenvalue weighted by Crippen LogP contribution is 2.30. The highest BCUT2D eigenvalue weighted by molar-refractivity contribution is 7.12. The van der Waals surface area contributed by atoms with Crippen LogP contribution in [0.3, 0.4) is 0 Å². The van der Waals surface area contributed by atoms with Crippen molar-refractivity contribution in [3.8, 4) is 0 Å². The zero-order valence-electron chi connectivity index (χ0n) is 13.0. The number of ether oxygens (including phenoxy) is 1. The lowest BCUT2D eigenvalue weighted by Crippen LogP contribution is -2.42. The first kappa shape index (κ1) is 16.0. The summed E-state index contributed by atoms with van der Waals surface area (Å²) in [6.07, 6.45) is 5.06. The Morgan fingerprint density at radius 3 is 2.80 bits per heavy atom. The standard InChI is InChI=1S/C16H28N2OS/c1-4-14(17)16(15-9-8-12(2)20-15)18(3)11-13-7-5-6-10-19-13/h8-9,13-14,16H,4-7,10-11,17H2,1-3H3. The molecule has 0 amide bonds. The zero-order chi connectivity index (χ0) is 14.5. The van der Waals surface area contributed by atoms with E-state index in [-0.39, 0.29) is 6.04 Å². The third kappa shape index (κ3) is 4.04. The Labute approximate surface area is 127 Å². The van der Waals surface area contributed by atoms with E-state index in [0.29, 0.717) is 12.1 Å². The number of hydrogen-bond donors (Lipinski definition) is 1. The molecule has 2 N–H and O–H groups in total. The van der Waals surface area contributed by atoms with Crippen LogP contribution in [0.5, 0.6) is 0 Å². The first-order valence-corrected chi connectivity index (χ1v) is 8.57. The molecule has 3 unspecified atom stereocenters. The lowest BCUT2D eigenvalue weighted by atomic mass is 10.0. The van der Waals surface area contributed by atoms with Crippen LogP contribution < -0.4 is 5.73 Å². The molecule has 1 aromatic heterocycles. The summed E-state index contributed by atoms with van der Waals surface area (Å²) in [5, 5.41) is 0. The van der Waals surface area contributed by atoms with Gasteiger partial charge >= 0.3 is 0 Å². The average molecular weight is 296 g/mol. The summed E-state index contributed by atoms with van der Waals surface area (Å²) in [6.45, 7) is 6.23. The summed E-state index contributed by atoms with van der Waals surface area (Å²) >= 11 is 1.87. The molecule has 4 heteroatoms. The second-order valence-corrected chi connectivity index (χ2v) is 7.21. The van der Waals surface area contributed by atoms with Gasteiger partial charge < -0.3 is 10.5 Å². The number of thiophene rings is 1. The maximum Gasteiger partial charge on any atom is 0.0702 e. The molecule has 1 aromatic rings. The Kier molecular flexibility index (Phi) is 6.02. The summed E-state index contributed by atoms with van der Waals surface area (Å²) in [7, 11) is 2.19. The van der Waals surface area contributed by atoms with Gasteiger partial charge in [-0.3, -0.25) is 4.90 Å². The lowest BCUT2D eigenvalue weighted by molar-refractivity contribution is -0.0101. The summed E-state index contributed by atoms with van der Waals surface area (Å²) < 4.78 is 5.87. The second-order valence-electron chi connectivity index (χ2n) is 5.89. The fourth-order valence-corrected chi connectivity index (χ4v) is 4.10. The van der Waals surface area contributed by atoms with Crippen molar-refractivity contribution in [1.82, 2.24) is 4.90 Å². The maximum atomic E-state index is 6.39. The SMILES string of the molecule is CCC(N)C(c1ccc(C)s1)N(C)CC1CCCCO1. The van der Waals surface area contributed by atoms with E-state index in [4.69, 9.17) is 10.5 Å². The first-order chi connectivity index (χ1) is 9.61. The minimum Gasteiger partial charge on any atom is -0.377 e. The molecule has 0 bridgehead atoms. The molecule has 114 valence electrons. The zero-order valence-corrected chi connectivity index (χ0v) is 13.8. The number of rotatable bonds is 6. The Balaban J connectivity index is 2.05. The maximum absolute atomic E-state index is 6.39. The molecule has 1 saturated heterocycles. The molecule has 0 aromatic carbocycles. The molecule has 20 heavy (non-hydrogen) atoms. The minimum absolute atomic E-state index is 0.182. The fourth-order valence-electron chi connectivity index (χ4n) is 2.98. The molecular formula is C16H28N2OS. The molecule has 0 radical (unpaired) electrons. The average Bonchev–Trinajstić information content (AvgIpc) is 2.86. The van der Waals surface area contributed by atoms with Crippen molar-refractivity contribution in [3.05, 3.63) is 21.9 Å². The summed E-state index contributed by atoms with van der Waals surface area (Å²) in [4.78, 5) is 5.14. The van der Waals surface area contributed by atoms with Gasteiger partial charge in [0.1, 0.15) is 0 Å². The van der Waals surface area contributed by atoms with E-state index in [2.05, 4.69) is 37.9 Å². The highest BCUT2D eigenvalue weighted by Gasteiger charge is 2.27. The Morgan fingerprint density at radius 1 is 1.45 bits per heavy atom. The molecule has 2 heterocycles. The van der Waals surface area contributed by atoms with Gasteiger partial charge in [0.2, 0.25) is 0 Å². The van der Waals surface area contributed by atoms with Gasteiger partial charge in [0, 0.05) is 28.9 Å². The van der Waals surface area contributed by atoms with Crippen LogP contribution in [-0.4, -0.2) is 37.2 Å². The molecule has 1 fully saturated rings. The molecule has 0 aliphatic carbocycles. The normalized spacial score (nSPS) is 22.9. The minimum atomic E-state index is 0.182.